The van der Waals surface area contributed by atoms with E-state index in [2.05, 4.69) is 26.6 Å². The number of urea groups is 1. The van der Waals surface area contributed by atoms with Gasteiger partial charge in [-0.05, 0) is 62.5 Å². The maximum absolute atomic E-state index is 13.5. The summed E-state index contributed by atoms with van der Waals surface area (Å²) in [6.45, 7) is 7.77. The van der Waals surface area contributed by atoms with Gasteiger partial charge in [-0.15, -0.1) is 0 Å². The zero-order valence-electron chi connectivity index (χ0n) is 30.9. The predicted octanol–water partition coefficient (Wildman–Crippen LogP) is 2.12. The van der Waals surface area contributed by atoms with E-state index in [4.69, 9.17) is 26.1 Å². The van der Waals surface area contributed by atoms with Crippen LogP contribution in [0.3, 0.4) is 0 Å². The smallest absolute Gasteiger partial charge is 0.480 e. The summed E-state index contributed by atoms with van der Waals surface area (Å²) in [5, 5.41) is 29.6. The van der Waals surface area contributed by atoms with E-state index < -0.39 is 72.1 Å². The number of carbonyl (C=O) groups is 7. The number of alkyl carbamates (subject to hydrolysis) is 1. The number of aliphatic carboxylic acids is 2. The highest BCUT2D eigenvalue weighted by atomic mass is 19.4. The molecule has 306 valence electrons. The lowest BCUT2D eigenvalue weighted by Gasteiger charge is -2.29. The molecule has 0 bridgehead atoms. The molecule has 1 aromatic carbocycles. The lowest BCUT2D eigenvalue weighted by molar-refractivity contribution is -0.192. The predicted molar refractivity (Wildman–Crippen MR) is 189 cm³/mol. The summed E-state index contributed by atoms with van der Waals surface area (Å²) >= 11 is 0. The van der Waals surface area contributed by atoms with Gasteiger partial charge in [-0.1, -0.05) is 64.4 Å². The molecule has 0 fully saturated rings. The summed E-state index contributed by atoms with van der Waals surface area (Å²) in [5.74, 6) is -6.61. The number of amides is 6. The molecule has 6 amide bonds. The maximum Gasteiger partial charge on any atom is 0.490 e. The molecule has 1 rings (SSSR count). The van der Waals surface area contributed by atoms with Gasteiger partial charge in [0.15, 0.2) is 0 Å². The third kappa shape index (κ3) is 20.8. The molecule has 5 atom stereocenters. The number of rotatable bonds is 22. The number of nitrogens with two attached hydrogens (primary N) is 2. The first-order chi connectivity index (χ1) is 25.2. The van der Waals surface area contributed by atoms with Crippen molar-refractivity contribution in [2.24, 2.45) is 23.3 Å². The van der Waals surface area contributed by atoms with Crippen molar-refractivity contribution in [3.63, 3.8) is 0 Å². The summed E-state index contributed by atoms with van der Waals surface area (Å²) in [6.07, 6.45) is -3.07. The minimum absolute atomic E-state index is 0.107. The van der Waals surface area contributed by atoms with Crippen LogP contribution in [0.5, 0.6) is 0 Å². The molecule has 20 heteroatoms. The summed E-state index contributed by atoms with van der Waals surface area (Å²) in [7, 11) is 0. The molecule has 1 aromatic rings. The number of nitrogens with one attached hydrogen (secondary N) is 5. The van der Waals surface area contributed by atoms with Gasteiger partial charge in [0.25, 0.3) is 0 Å². The second kappa shape index (κ2) is 25.8. The van der Waals surface area contributed by atoms with E-state index in [9.17, 15) is 47.0 Å². The van der Waals surface area contributed by atoms with Gasteiger partial charge < -0.3 is 53.0 Å². The average molecular weight is 778 g/mol. The Bertz CT molecular complexity index is 1350. The molecule has 0 radical (unpaired) electrons. The zero-order chi connectivity index (χ0) is 41.4. The van der Waals surface area contributed by atoms with Crippen molar-refractivity contribution in [3.05, 3.63) is 35.9 Å². The average Bonchev–Trinajstić information content (AvgIpc) is 3.10. The highest BCUT2D eigenvalue weighted by molar-refractivity contribution is 5.94. The van der Waals surface area contributed by atoms with Crippen molar-refractivity contribution in [1.29, 1.82) is 0 Å². The maximum atomic E-state index is 13.5. The van der Waals surface area contributed by atoms with Crippen LogP contribution in [0, 0.1) is 11.8 Å². The number of hydrogen-bond acceptors (Lipinski definition) is 9. The molecule has 17 nitrogen and oxygen atoms in total. The van der Waals surface area contributed by atoms with Crippen LogP contribution in [0.2, 0.25) is 0 Å². The normalized spacial score (nSPS) is 13.7. The van der Waals surface area contributed by atoms with Crippen LogP contribution >= 0.6 is 0 Å². The van der Waals surface area contributed by atoms with E-state index in [1.165, 1.54) is 0 Å². The molecule has 0 aromatic heterocycles. The quantitative estimate of drug-likeness (QED) is 0.0769. The molecule has 0 aliphatic rings. The summed E-state index contributed by atoms with van der Waals surface area (Å²) < 4.78 is 36.9. The highest BCUT2D eigenvalue weighted by Crippen LogP contribution is 2.14. The van der Waals surface area contributed by atoms with Crippen LogP contribution in [0.1, 0.15) is 78.2 Å². The van der Waals surface area contributed by atoms with E-state index in [1.54, 1.807) is 20.8 Å². The van der Waals surface area contributed by atoms with E-state index in [-0.39, 0.29) is 37.8 Å². The lowest BCUT2D eigenvalue weighted by atomic mass is 9.96. The number of hydrogen-bond donors (Lipinski definition) is 9. The number of carbonyl (C=O) groups excluding carboxylic acids is 5. The van der Waals surface area contributed by atoms with Crippen molar-refractivity contribution >= 4 is 41.8 Å². The van der Waals surface area contributed by atoms with E-state index in [0.717, 1.165) is 5.56 Å². The summed E-state index contributed by atoms with van der Waals surface area (Å²) in [5.41, 5.74) is 11.8. The van der Waals surface area contributed by atoms with Gasteiger partial charge in [0.1, 0.15) is 30.8 Å². The van der Waals surface area contributed by atoms with Gasteiger partial charge in [-0.3, -0.25) is 14.4 Å². The van der Waals surface area contributed by atoms with Gasteiger partial charge in [0.05, 0.1) is 0 Å². The molecule has 0 aliphatic carbocycles. The topological polar surface area (TPSA) is 281 Å². The third-order valence-corrected chi connectivity index (χ3v) is 7.88. The number of benzene rings is 1. The second-order valence-corrected chi connectivity index (χ2v) is 12.6. The van der Waals surface area contributed by atoms with Crippen LogP contribution < -0.4 is 38.1 Å². The van der Waals surface area contributed by atoms with Crippen molar-refractivity contribution in [2.75, 3.05) is 13.1 Å². The van der Waals surface area contributed by atoms with Gasteiger partial charge in [-0.25, -0.2) is 19.2 Å². The molecule has 0 spiro atoms. The summed E-state index contributed by atoms with van der Waals surface area (Å²) in [4.78, 5) is 84.3. The Morgan fingerprint density at radius 1 is 0.796 bits per heavy atom. The van der Waals surface area contributed by atoms with Crippen molar-refractivity contribution < 1.29 is 61.7 Å². The van der Waals surface area contributed by atoms with E-state index >= 15 is 0 Å². The largest absolute Gasteiger partial charge is 0.490 e. The number of carboxylic acids is 2. The first kappa shape index (κ1) is 48.9. The fourth-order valence-corrected chi connectivity index (χ4v) is 4.58. The van der Waals surface area contributed by atoms with Crippen LogP contribution in [-0.2, 0) is 35.3 Å². The Balaban J connectivity index is 0.00000363. The fourth-order valence-electron chi connectivity index (χ4n) is 4.58. The second-order valence-electron chi connectivity index (χ2n) is 12.6. The van der Waals surface area contributed by atoms with Crippen molar-refractivity contribution in [1.82, 2.24) is 26.6 Å². The highest BCUT2D eigenvalue weighted by Gasteiger charge is 2.38. The SMILES string of the molecule is CC[C@@H](C)[C@H](NC(=O)[C@@H](CCCCNC(=O)OCc1ccccc1)NC(=O)N[C@@H](CCCCN)C(=O)O)C(=O)N[C@H](C(N)=O)C(C)C.O=C(O)C(F)(F)F. The number of ether oxygens (including phenoxy) is 1. The Labute approximate surface area is 311 Å². The molecular formula is C34H54F3N7O10. The first-order valence-electron chi connectivity index (χ1n) is 17.4. The van der Waals surface area contributed by atoms with E-state index in [1.807, 2.05) is 37.3 Å². The van der Waals surface area contributed by atoms with Crippen LogP contribution in [-0.4, -0.2) is 95.4 Å². The Kier molecular flexibility index (Phi) is 23.3. The Morgan fingerprint density at radius 2 is 1.33 bits per heavy atom. The molecular weight excluding hydrogens is 723 g/mol. The summed E-state index contributed by atoms with van der Waals surface area (Å²) in [6, 6.07) is 3.96. The van der Waals surface area contributed by atoms with Gasteiger partial charge in [0, 0.05) is 6.54 Å². The number of halogens is 3. The zero-order valence-corrected chi connectivity index (χ0v) is 30.9. The van der Waals surface area contributed by atoms with Crippen molar-refractivity contribution in [3.8, 4) is 0 Å². The molecule has 54 heavy (non-hydrogen) atoms. The first-order valence-corrected chi connectivity index (χ1v) is 17.4. The van der Waals surface area contributed by atoms with Gasteiger partial charge >= 0.3 is 30.2 Å². The standard InChI is InChI=1S/C32H53N7O8.C2HF3O2/c1-5-21(4)26(29(42)38-25(20(2)3)27(34)40)39-28(41)23(36-31(45)37-24(30(43)44)16-9-11-17-33)15-10-12-18-35-32(46)47-19-22-13-7-6-8-14-22;3-2(4,5)1(6)7/h6-8,13-14,20-21,23-26H,5,9-12,15-19,33H2,1-4H3,(H2,34,40)(H,35,46)(H,38,42)(H,39,41)(H,43,44)(H2,36,37,45);(H,6,7)/t21-,23-,24+,25+,26+;/m1./s1. The third-order valence-electron chi connectivity index (χ3n) is 7.88. The minimum Gasteiger partial charge on any atom is -0.480 e. The van der Waals surface area contributed by atoms with Gasteiger partial charge in [0.2, 0.25) is 17.7 Å². The molecule has 0 saturated carbocycles. The van der Waals surface area contributed by atoms with Crippen LogP contribution in [0.25, 0.3) is 0 Å². The Morgan fingerprint density at radius 3 is 1.83 bits per heavy atom. The molecule has 0 saturated heterocycles. The van der Waals surface area contributed by atoms with Crippen LogP contribution in [0.15, 0.2) is 30.3 Å². The van der Waals surface area contributed by atoms with E-state index in [0.29, 0.717) is 38.6 Å². The molecule has 0 aliphatic heterocycles. The Hall–Kier alpha value is -5.14. The number of unbranched alkanes of at least 4 members (excludes halogenated alkanes) is 2. The fraction of sp³-hybridized carbons (Fsp3) is 0.618. The number of carboxylic acid groups (broad SMARTS) is 2. The minimum atomic E-state index is -5.08. The molecule has 11 N–H and O–H groups in total. The van der Waals surface area contributed by atoms with Crippen molar-refractivity contribution in [2.45, 2.75) is 110 Å². The molecule has 0 heterocycles. The molecule has 0 unspecified atom stereocenters. The van der Waals surface area contributed by atoms with Gasteiger partial charge in [-0.2, -0.15) is 13.2 Å². The monoisotopic (exact) mass is 777 g/mol. The lowest BCUT2D eigenvalue weighted by Crippen LogP contribution is -2.60. The van der Waals surface area contributed by atoms with Crippen LogP contribution in [0.4, 0.5) is 22.8 Å². The number of alkyl halides is 3. The number of primary amides is 1.